The monoisotopic (exact) mass is 396 g/mol. The van der Waals surface area contributed by atoms with Crippen molar-refractivity contribution in [3.63, 3.8) is 0 Å². The molecule has 1 unspecified atom stereocenters. The van der Waals surface area contributed by atoms with E-state index >= 15 is 0 Å². The molecule has 7 nitrogen and oxygen atoms in total. The average molecular weight is 397 g/mol. The van der Waals surface area contributed by atoms with Crippen molar-refractivity contribution in [3.8, 4) is 0 Å². The van der Waals surface area contributed by atoms with Crippen molar-refractivity contribution in [3.05, 3.63) is 53.9 Å². The highest BCUT2D eigenvalue weighted by Crippen LogP contribution is 2.24. The van der Waals surface area contributed by atoms with E-state index in [-0.39, 0.29) is 6.10 Å². The summed E-state index contributed by atoms with van der Waals surface area (Å²) in [6.07, 6.45) is 3.93. The lowest BCUT2D eigenvalue weighted by atomic mass is 10.1. The fourth-order valence-corrected chi connectivity index (χ4v) is 3.26. The minimum Gasteiger partial charge on any atom is -0.392 e. The lowest BCUT2D eigenvalue weighted by Crippen LogP contribution is -2.33. The molecule has 1 aliphatic heterocycles. The highest BCUT2D eigenvalue weighted by Gasteiger charge is 2.13. The SMILES string of the molecule is CNc1cc(NCc2ccccc2)c2ncc(C(C)C)n2n1.OC1CCCNC1. The first kappa shape index (κ1) is 21.1. The zero-order valence-electron chi connectivity index (χ0n) is 17.5. The van der Waals surface area contributed by atoms with Crippen LogP contribution in [-0.2, 0) is 6.54 Å². The summed E-state index contributed by atoms with van der Waals surface area (Å²) < 4.78 is 1.92. The zero-order valence-corrected chi connectivity index (χ0v) is 17.5. The molecule has 0 amide bonds. The van der Waals surface area contributed by atoms with Crippen LogP contribution in [0.25, 0.3) is 5.65 Å². The molecule has 0 radical (unpaired) electrons. The first-order valence-electron chi connectivity index (χ1n) is 10.3. The van der Waals surface area contributed by atoms with Gasteiger partial charge < -0.3 is 21.1 Å². The zero-order chi connectivity index (χ0) is 20.6. The van der Waals surface area contributed by atoms with Crippen molar-refractivity contribution in [1.29, 1.82) is 0 Å². The van der Waals surface area contributed by atoms with Gasteiger partial charge in [0.2, 0.25) is 0 Å². The molecule has 1 fully saturated rings. The number of anilines is 2. The van der Waals surface area contributed by atoms with Crippen LogP contribution in [0.3, 0.4) is 0 Å². The molecule has 3 aromatic rings. The normalized spacial score (nSPS) is 16.4. The van der Waals surface area contributed by atoms with Crippen molar-refractivity contribution in [2.75, 3.05) is 30.8 Å². The Kier molecular flexibility index (Phi) is 7.43. The first-order valence-corrected chi connectivity index (χ1v) is 10.3. The van der Waals surface area contributed by atoms with Crippen molar-refractivity contribution in [1.82, 2.24) is 19.9 Å². The number of nitrogens with one attached hydrogen (secondary N) is 3. The quantitative estimate of drug-likeness (QED) is 0.530. The summed E-state index contributed by atoms with van der Waals surface area (Å²) in [5.41, 5.74) is 4.18. The molecule has 29 heavy (non-hydrogen) atoms. The number of β-amino-alcohol motifs (C(OH)–C–C–N with tert-alkyl or cyclic N) is 1. The molecule has 0 aliphatic carbocycles. The van der Waals surface area contributed by atoms with E-state index in [0.717, 1.165) is 55.3 Å². The van der Waals surface area contributed by atoms with Crippen LogP contribution in [0.4, 0.5) is 11.5 Å². The number of hydrogen-bond acceptors (Lipinski definition) is 6. The highest BCUT2D eigenvalue weighted by molar-refractivity contribution is 5.70. The van der Waals surface area contributed by atoms with Gasteiger partial charge in [0.25, 0.3) is 0 Å². The maximum Gasteiger partial charge on any atom is 0.177 e. The number of aliphatic hydroxyl groups is 1. The minimum absolute atomic E-state index is 0.0752. The van der Waals surface area contributed by atoms with Crippen LogP contribution in [0.5, 0.6) is 0 Å². The molecule has 2 aromatic heterocycles. The third kappa shape index (κ3) is 5.68. The molecule has 0 spiro atoms. The Balaban J connectivity index is 0.000000290. The van der Waals surface area contributed by atoms with E-state index < -0.39 is 0 Å². The largest absolute Gasteiger partial charge is 0.392 e. The van der Waals surface area contributed by atoms with E-state index in [1.54, 1.807) is 0 Å². The fourth-order valence-electron chi connectivity index (χ4n) is 3.26. The van der Waals surface area contributed by atoms with Crippen LogP contribution in [0.15, 0.2) is 42.6 Å². The van der Waals surface area contributed by atoms with Crippen LogP contribution in [0.2, 0.25) is 0 Å². The molecule has 156 valence electrons. The standard InChI is InChI=1S/C17H21N5.C5H11NO/c1-12(2)15-11-20-17-14(9-16(18-3)21-22(15)17)19-10-13-7-5-4-6-8-13;7-5-2-1-3-6-4-5/h4-9,11-12,19H,10H2,1-3H3,(H,18,21);5-7H,1-4H2. The second kappa shape index (κ2) is 10.2. The van der Waals surface area contributed by atoms with E-state index in [4.69, 9.17) is 5.11 Å². The lowest BCUT2D eigenvalue weighted by molar-refractivity contribution is 0.142. The molecule has 0 saturated carbocycles. The van der Waals surface area contributed by atoms with Crippen molar-refractivity contribution < 1.29 is 5.11 Å². The number of hydrogen-bond donors (Lipinski definition) is 4. The van der Waals surface area contributed by atoms with Gasteiger partial charge in [0.15, 0.2) is 5.65 Å². The summed E-state index contributed by atoms with van der Waals surface area (Å²) >= 11 is 0. The molecule has 1 aromatic carbocycles. The number of piperidine rings is 1. The molecule has 1 saturated heterocycles. The second-order valence-corrected chi connectivity index (χ2v) is 7.61. The third-order valence-corrected chi connectivity index (χ3v) is 4.94. The Hall–Kier alpha value is -2.64. The number of rotatable bonds is 5. The van der Waals surface area contributed by atoms with Crippen LogP contribution >= 0.6 is 0 Å². The van der Waals surface area contributed by atoms with Gasteiger partial charge in [-0.05, 0) is 30.9 Å². The molecule has 1 aliphatic rings. The Morgan fingerprint density at radius 1 is 1.28 bits per heavy atom. The molecule has 0 bridgehead atoms. The minimum atomic E-state index is -0.0752. The van der Waals surface area contributed by atoms with Crippen molar-refractivity contribution in [2.45, 2.75) is 45.3 Å². The van der Waals surface area contributed by atoms with Crippen molar-refractivity contribution in [2.24, 2.45) is 0 Å². The lowest BCUT2D eigenvalue weighted by Gasteiger charge is -2.16. The fraction of sp³-hybridized carbons (Fsp3) is 0.455. The summed E-state index contributed by atoms with van der Waals surface area (Å²) in [5, 5.41) is 23.1. The summed E-state index contributed by atoms with van der Waals surface area (Å²) in [4.78, 5) is 4.54. The molecular weight excluding hydrogens is 364 g/mol. The number of imidazole rings is 1. The highest BCUT2D eigenvalue weighted by atomic mass is 16.3. The van der Waals surface area contributed by atoms with Crippen LogP contribution in [0, 0.1) is 0 Å². The average Bonchev–Trinajstić information content (AvgIpc) is 3.18. The van der Waals surface area contributed by atoms with Gasteiger partial charge in [-0.25, -0.2) is 9.50 Å². The van der Waals surface area contributed by atoms with Gasteiger partial charge in [-0.1, -0.05) is 44.2 Å². The molecule has 3 heterocycles. The van der Waals surface area contributed by atoms with E-state index in [0.29, 0.717) is 5.92 Å². The summed E-state index contributed by atoms with van der Waals surface area (Å²) in [6.45, 7) is 6.92. The van der Waals surface area contributed by atoms with E-state index in [1.807, 2.05) is 42.0 Å². The predicted molar refractivity (Wildman–Crippen MR) is 119 cm³/mol. The number of benzene rings is 1. The Morgan fingerprint density at radius 3 is 2.66 bits per heavy atom. The van der Waals surface area contributed by atoms with Gasteiger partial charge in [0, 0.05) is 26.2 Å². The van der Waals surface area contributed by atoms with E-state index in [1.165, 1.54) is 5.56 Å². The van der Waals surface area contributed by atoms with Crippen LogP contribution < -0.4 is 16.0 Å². The maximum absolute atomic E-state index is 8.85. The van der Waals surface area contributed by atoms with E-state index in [9.17, 15) is 0 Å². The second-order valence-electron chi connectivity index (χ2n) is 7.61. The number of aliphatic hydroxyl groups excluding tert-OH is 1. The van der Waals surface area contributed by atoms with Gasteiger partial charge in [-0.2, -0.15) is 0 Å². The van der Waals surface area contributed by atoms with Gasteiger partial charge in [0.1, 0.15) is 5.82 Å². The topological polar surface area (TPSA) is 86.5 Å². The molecule has 4 N–H and O–H groups in total. The number of aromatic nitrogens is 3. The summed E-state index contributed by atoms with van der Waals surface area (Å²) in [7, 11) is 1.88. The molecule has 7 heteroatoms. The maximum atomic E-state index is 8.85. The van der Waals surface area contributed by atoms with E-state index in [2.05, 4.69) is 52.0 Å². The van der Waals surface area contributed by atoms with Gasteiger partial charge in [-0.15, -0.1) is 5.10 Å². The van der Waals surface area contributed by atoms with Gasteiger partial charge in [0.05, 0.1) is 23.7 Å². The van der Waals surface area contributed by atoms with Gasteiger partial charge in [-0.3, -0.25) is 0 Å². The van der Waals surface area contributed by atoms with Crippen molar-refractivity contribution >= 4 is 17.2 Å². The smallest absolute Gasteiger partial charge is 0.177 e. The molecular formula is C22H32N6O. The summed E-state index contributed by atoms with van der Waals surface area (Å²) in [6, 6.07) is 12.3. The Morgan fingerprint density at radius 2 is 2.07 bits per heavy atom. The van der Waals surface area contributed by atoms with Crippen LogP contribution in [-0.4, -0.2) is 45.9 Å². The van der Waals surface area contributed by atoms with Gasteiger partial charge >= 0.3 is 0 Å². The number of nitrogens with zero attached hydrogens (tertiary/aromatic N) is 3. The molecule has 4 rings (SSSR count). The predicted octanol–water partition coefficient (Wildman–Crippen LogP) is 3.24. The Bertz CT molecular complexity index is 887. The molecule has 1 atom stereocenters. The summed E-state index contributed by atoms with van der Waals surface area (Å²) in [5.74, 6) is 1.19. The Labute approximate surface area is 172 Å². The van der Waals surface area contributed by atoms with Crippen LogP contribution in [0.1, 0.15) is 43.9 Å². The third-order valence-electron chi connectivity index (χ3n) is 4.94. The number of fused-ring (bicyclic) bond motifs is 1. The first-order chi connectivity index (χ1) is 14.1.